The average molecular weight is 604 g/mol. The Morgan fingerprint density at radius 1 is 1.09 bits per heavy atom. The fraction of sp³-hybridized carbons (Fsp3) is 0.469. The molecule has 1 aromatic carbocycles. The van der Waals surface area contributed by atoms with Gasteiger partial charge in [-0.25, -0.2) is 9.67 Å². The maximum Gasteiger partial charge on any atom is 0.243 e. The van der Waals surface area contributed by atoms with Crippen LogP contribution in [0.25, 0.3) is 10.9 Å². The quantitative estimate of drug-likeness (QED) is 0.290. The van der Waals surface area contributed by atoms with Gasteiger partial charge in [0.2, 0.25) is 17.7 Å². The third kappa shape index (κ3) is 7.90. The number of carbonyl (C=O) groups excluding carboxylic acids is 3. The summed E-state index contributed by atoms with van der Waals surface area (Å²) in [6, 6.07) is 8.81. The SMILES string of the molecule is Cc1nc2n(n1)CCN(C(=O)CCc1ccsc1)CCCC(=O)N[C@H](Cc1c[nH]c3ccccc13)C(=O)N[C@H]2CC(C)C. The van der Waals surface area contributed by atoms with Crippen LogP contribution in [0.15, 0.2) is 47.3 Å². The van der Waals surface area contributed by atoms with Crippen LogP contribution < -0.4 is 10.6 Å². The molecule has 0 fully saturated rings. The summed E-state index contributed by atoms with van der Waals surface area (Å²) >= 11 is 1.63. The van der Waals surface area contributed by atoms with E-state index in [1.165, 1.54) is 0 Å². The van der Waals surface area contributed by atoms with E-state index in [1.807, 2.05) is 58.4 Å². The normalized spacial score (nSPS) is 18.7. The van der Waals surface area contributed by atoms with Crippen LogP contribution in [-0.4, -0.2) is 61.5 Å². The van der Waals surface area contributed by atoms with Gasteiger partial charge in [-0.3, -0.25) is 14.4 Å². The molecule has 0 bridgehead atoms. The number of nitrogens with one attached hydrogen (secondary N) is 3. The number of H-pyrrole nitrogens is 1. The fourth-order valence-corrected chi connectivity index (χ4v) is 6.42. The van der Waals surface area contributed by atoms with Crippen LogP contribution in [0.5, 0.6) is 0 Å². The summed E-state index contributed by atoms with van der Waals surface area (Å²) < 4.78 is 1.83. The summed E-state index contributed by atoms with van der Waals surface area (Å²) in [6.07, 6.45) is 4.71. The van der Waals surface area contributed by atoms with Crippen LogP contribution in [0.1, 0.15) is 68.3 Å². The smallest absolute Gasteiger partial charge is 0.243 e. The fourth-order valence-electron chi connectivity index (χ4n) is 5.71. The average Bonchev–Trinajstić information content (AvgIpc) is 3.72. The van der Waals surface area contributed by atoms with Crippen molar-refractivity contribution in [3.8, 4) is 0 Å². The van der Waals surface area contributed by atoms with Crippen molar-refractivity contribution in [1.82, 2.24) is 35.3 Å². The molecule has 0 saturated heterocycles. The molecule has 0 spiro atoms. The molecule has 0 saturated carbocycles. The van der Waals surface area contributed by atoms with Crippen molar-refractivity contribution in [2.75, 3.05) is 13.1 Å². The molecular formula is C32H41N7O3S. The third-order valence-electron chi connectivity index (χ3n) is 7.87. The Bertz CT molecular complexity index is 1540. The molecule has 4 aromatic rings. The van der Waals surface area contributed by atoms with Crippen LogP contribution in [-0.2, 0) is 33.8 Å². The van der Waals surface area contributed by atoms with E-state index < -0.39 is 12.1 Å². The van der Waals surface area contributed by atoms with E-state index in [0.717, 1.165) is 22.0 Å². The van der Waals surface area contributed by atoms with Crippen molar-refractivity contribution in [2.24, 2.45) is 5.92 Å². The zero-order valence-corrected chi connectivity index (χ0v) is 26.0. The Labute approximate surface area is 256 Å². The van der Waals surface area contributed by atoms with E-state index in [2.05, 4.69) is 39.9 Å². The Morgan fingerprint density at radius 2 is 1.93 bits per heavy atom. The van der Waals surface area contributed by atoms with Gasteiger partial charge in [0.1, 0.15) is 17.7 Å². The Hall–Kier alpha value is -3.99. The Morgan fingerprint density at radius 3 is 2.72 bits per heavy atom. The number of rotatable bonds is 7. The highest BCUT2D eigenvalue weighted by atomic mass is 32.1. The van der Waals surface area contributed by atoms with Crippen molar-refractivity contribution in [3.63, 3.8) is 0 Å². The van der Waals surface area contributed by atoms with E-state index in [-0.39, 0.29) is 30.1 Å². The molecule has 43 heavy (non-hydrogen) atoms. The second-order valence-electron chi connectivity index (χ2n) is 11.7. The highest BCUT2D eigenvalue weighted by molar-refractivity contribution is 7.07. The minimum atomic E-state index is -0.773. The number of fused-ring (bicyclic) bond motifs is 2. The number of para-hydroxylation sites is 1. The number of amides is 3. The lowest BCUT2D eigenvalue weighted by Gasteiger charge is -2.27. The van der Waals surface area contributed by atoms with Crippen LogP contribution >= 0.6 is 11.3 Å². The van der Waals surface area contributed by atoms with Gasteiger partial charge in [-0.2, -0.15) is 16.4 Å². The first-order valence-corrected chi connectivity index (χ1v) is 16.1. The first-order chi connectivity index (χ1) is 20.8. The number of thiophene rings is 1. The minimum absolute atomic E-state index is 0.0568. The lowest BCUT2D eigenvalue weighted by atomic mass is 10.0. The molecule has 3 amide bonds. The molecule has 4 heterocycles. The van der Waals surface area contributed by atoms with Crippen LogP contribution in [0.3, 0.4) is 0 Å². The second-order valence-corrected chi connectivity index (χ2v) is 12.5. The van der Waals surface area contributed by atoms with Crippen LogP contribution in [0.2, 0.25) is 0 Å². The highest BCUT2D eigenvalue weighted by Crippen LogP contribution is 2.23. The van der Waals surface area contributed by atoms with Gasteiger partial charge in [-0.05, 0) is 66.1 Å². The molecule has 2 atom stereocenters. The number of benzene rings is 1. The molecule has 10 nitrogen and oxygen atoms in total. The van der Waals surface area contributed by atoms with Gasteiger partial charge in [-0.15, -0.1) is 0 Å². The lowest BCUT2D eigenvalue weighted by Crippen LogP contribution is -2.49. The molecule has 0 unspecified atom stereocenters. The van der Waals surface area contributed by atoms with Crippen molar-refractivity contribution in [1.29, 1.82) is 0 Å². The van der Waals surface area contributed by atoms with Crippen molar-refractivity contribution < 1.29 is 14.4 Å². The first-order valence-electron chi connectivity index (χ1n) is 15.1. The van der Waals surface area contributed by atoms with Gasteiger partial charge in [0.05, 0.1) is 12.6 Å². The number of hydrogen-bond acceptors (Lipinski definition) is 6. The number of aromatic amines is 1. The third-order valence-corrected chi connectivity index (χ3v) is 8.60. The van der Waals surface area contributed by atoms with Gasteiger partial charge in [-0.1, -0.05) is 32.0 Å². The first kappa shape index (κ1) is 30.5. The summed E-state index contributed by atoms with van der Waals surface area (Å²) in [5.41, 5.74) is 3.09. The van der Waals surface area contributed by atoms with Crippen LogP contribution in [0, 0.1) is 12.8 Å². The van der Waals surface area contributed by atoms with Gasteiger partial charge in [0.25, 0.3) is 0 Å². The van der Waals surface area contributed by atoms with E-state index in [0.29, 0.717) is 63.4 Å². The molecule has 1 aliphatic rings. The predicted octanol–water partition coefficient (Wildman–Crippen LogP) is 4.32. The number of nitrogens with zero attached hydrogens (tertiary/aromatic N) is 4. The van der Waals surface area contributed by atoms with Crippen molar-refractivity contribution in [2.45, 2.75) is 77.9 Å². The van der Waals surface area contributed by atoms with E-state index in [4.69, 9.17) is 4.98 Å². The molecule has 0 radical (unpaired) electrons. The zero-order valence-electron chi connectivity index (χ0n) is 25.1. The Balaban J connectivity index is 1.41. The van der Waals surface area contributed by atoms with Gasteiger partial charge >= 0.3 is 0 Å². The molecule has 1 aliphatic heterocycles. The van der Waals surface area contributed by atoms with Crippen LogP contribution in [0.4, 0.5) is 0 Å². The maximum absolute atomic E-state index is 13.9. The summed E-state index contributed by atoms with van der Waals surface area (Å²) in [4.78, 5) is 50.2. The predicted molar refractivity (Wildman–Crippen MR) is 167 cm³/mol. The van der Waals surface area contributed by atoms with Gasteiger partial charge in [0, 0.05) is 49.5 Å². The largest absolute Gasteiger partial charge is 0.361 e. The maximum atomic E-state index is 13.9. The molecule has 3 aromatic heterocycles. The number of hydrogen-bond donors (Lipinski definition) is 3. The number of aromatic nitrogens is 4. The summed E-state index contributed by atoms with van der Waals surface area (Å²) in [5.74, 6) is 1.15. The molecule has 3 N–H and O–H groups in total. The van der Waals surface area contributed by atoms with Gasteiger partial charge in [0.15, 0.2) is 0 Å². The minimum Gasteiger partial charge on any atom is -0.361 e. The monoisotopic (exact) mass is 603 g/mol. The standard InChI is InChI=1S/C32H41N7O3S/c1-21(2)17-27-31-34-22(3)37-39(31)15-14-38(30(41)11-10-23-12-16-43-20-23)13-6-9-29(40)35-28(32(42)36-27)18-24-19-33-26-8-5-4-7-25(24)26/h4-5,7-8,12,16,19-21,27-28,33H,6,9-11,13-15,17-18H2,1-3H3,(H,35,40)(H,36,42)/t27-,28+/m0/s1. The molecule has 11 heteroatoms. The summed E-state index contributed by atoms with van der Waals surface area (Å²) in [7, 11) is 0. The van der Waals surface area contributed by atoms with Gasteiger partial charge < -0.3 is 20.5 Å². The molecule has 0 aliphatic carbocycles. The number of aryl methyl sites for hydroxylation is 2. The van der Waals surface area contributed by atoms with E-state index in [1.54, 1.807) is 11.3 Å². The molecular weight excluding hydrogens is 562 g/mol. The van der Waals surface area contributed by atoms with Crippen molar-refractivity contribution in [3.05, 3.63) is 70.1 Å². The lowest BCUT2D eigenvalue weighted by molar-refractivity contribution is -0.132. The summed E-state index contributed by atoms with van der Waals surface area (Å²) in [5, 5.41) is 16.0. The second kappa shape index (κ2) is 14.0. The Kier molecular flexibility index (Phi) is 9.91. The summed E-state index contributed by atoms with van der Waals surface area (Å²) in [6.45, 7) is 7.40. The zero-order chi connectivity index (χ0) is 30.3. The van der Waals surface area contributed by atoms with E-state index in [9.17, 15) is 14.4 Å². The topological polar surface area (TPSA) is 125 Å². The van der Waals surface area contributed by atoms with Crippen molar-refractivity contribution >= 4 is 40.0 Å². The highest BCUT2D eigenvalue weighted by Gasteiger charge is 2.29. The molecule has 5 rings (SSSR count). The molecule has 228 valence electrons. The van der Waals surface area contributed by atoms with E-state index >= 15 is 0 Å². The number of carbonyl (C=O) groups is 3.